The highest BCUT2D eigenvalue weighted by Crippen LogP contribution is 2.28. The molecule has 0 aliphatic carbocycles. The highest BCUT2D eigenvalue weighted by molar-refractivity contribution is 5.75. The molecule has 0 unspecified atom stereocenters. The molecule has 0 aromatic carbocycles. The molecule has 0 aromatic rings. The number of nitrogens with zero attached hydrogens (tertiary/aromatic N) is 1. The number of hydrogen-bond donors (Lipinski definition) is 1. The first-order valence-corrected chi connectivity index (χ1v) is 24.2. The van der Waals surface area contributed by atoms with Crippen molar-refractivity contribution in [1.29, 1.82) is 0 Å². The number of carbonyl (C=O) groups excluding carboxylic acids is 2. The number of carbonyl (C=O) groups is 2. The van der Waals surface area contributed by atoms with Crippen LogP contribution in [-0.4, -0.2) is 61.4 Å². The summed E-state index contributed by atoms with van der Waals surface area (Å²) in [5.74, 6) is 0.473. The van der Waals surface area contributed by atoms with Crippen molar-refractivity contribution in [2.45, 2.75) is 248 Å². The Bertz CT molecular complexity index is 844. The number of rotatable bonds is 42. The third-order valence-electron chi connectivity index (χ3n) is 11.8. The van der Waals surface area contributed by atoms with Crippen molar-refractivity contribution < 1.29 is 24.2 Å². The lowest BCUT2D eigenvalue weighted by Crippen LogP contribution is -2.29. The van der Waals surface area contributed by atoms with E-state index in [4.69, 9.17) is 9.47 Å². The van der Waals surface area contributed by atoms with E-state index in [2.05, 4.69) is 53.4 Å². The van der Waals surface area contributed by atoms with Gasteiger partial charge in [-0.2, -0.15) is 0 Å². The molecule has 6 nitrogen and oxygen atoms in total. The molecule has 0 rings (SSSR count). The summed E-state index contributed by atoms with van der Waals surface area (Å²) in [6.45, 7) is 20.0. The minimum Gasteiger partial charge on any atom is -0.465 e. The molecular formula is C49H97NO5. The molecule has 0 amide bonds. The zero-order valence-electron chi connectivity index (χ0n) is 38.3. The van der Waals surface area contributed by atoms with Crippen LogP contribution in [-0.2, 0) is 19.1 Å². The summed E-state index contributed by atoms with van der Waals surface area (Å²) < 4.78 is 11.7. The summed E-state index contributed by atoms with van der Waals surface area (Å²) in [7, 11) is 0. The van der Waals surface area contributed by atoms with Crippen molar-refractivity contribution in [2.75, 3.05) is 39.5 Å². The predicted octanol–water partition coefficient (Wildman–Crippen LogP) is 14.2. The lowest BCUT2D eigenvalue weighted by molar-refractivity contribution is -0.156. The maximum Gasteiger partial charge on any atom is 0.311 e. The van der Waals surface area contributed by atoms with Gasteiger partial charge in [0.15, 0.2) is 0 Å². The summed E-state index contributed by atoms with van der Waals surface area (Å²) in [6, 6.07) is 0. The Labute approximate surface area is 343 Å². The molecule has 6 heteroatoms. The summed E-state index contributed by atoms with van der Waals surface area (Å²) >= 11 is 0. The van der Waals surface area contributed by atoms with Gasteiger partial charge in [0.05, 0.1) is 18.6 Å². The molecule has 0 fully saturated rings. The fraction of sp³-hybridized carbons (Fsp3) is 0.959. The van der Waals surface area contributed by atoms with Crippen molar-refractivity contribution >= 4 is 11.9 Å². The number of esters is 2. The van der Waals surface area contributed by atoms with Gasteiger partial charge >= 0.3 is 11.9 Å². The predicted molar refractivity (Wildman–Crippen MR) is 237 cm³/mol. The van der Waals surface area contributed by atoms with Gasteiger partial charge in [-0.15, -0.1) is 0 Å². The zero-order chi connectivity index (χ0) is 40.9. The van der Waals surface area contributed by atoms with Crippen LogP contribution in [0.5, 0.6) is 0 Å². The van der Waals surface area contributed by atoms with E-state index in [-0.39, 0.29) is 24.0 Å². The monoisotopic (exact) mass is 780 g/mol. The highest BCUT2D eigenvalue weighted by atomic mass is 16.5. The van der Waals surface area contributed by atoms with E-state index >= 15 is 0 Å². The summed E-state index contributed by atoms with van der Waals surface area (Å²) in [5, 5.41) is 9.35. The summed E-state index contributed by atoms with van der Waals surface area (Å²) in [5.41, 5.74) is -0.405. The highest BCUT2D eigenvalue weighted by Gasteiger charge is 2.29. The molecule has 328 valence electrons. The standard InChI is InChI=1S/C49H97NO5/c1-8-11-14-17-18-21-27-36-46(52)55-44-48(4,5)37-28-24-31-40-50(41-32-33-42-51)39-30-23-22-29-38-49(6,7)47(53)54-43-45(34-25-19-15-12-9-2)35-26-20-16-13-10-3/h45,51H,8-44H2,1-7H3. The van der Waals surface area contributed by atoms with Crippen LogP contribution in [0.15, 0.2) is 0 Å². The van der Waals surface area contributed by atoms with Crippen LogP contribution in [0.1, 0.15) is 248 Å². The van der Waals surface area contributed by atoms with E-state index in [9.17, 15) is 14.7 Å². The average Bonchev–Trinajstić information content (AvgIpc) is 3.16. The second-order valence-electron chi connectivity index (χ2n) is 18.7. The molecule has 0 spiro atoms. The minimum absolute atomic E-state index is 0.00673. The molecule has 1 N–H and O–H groups in total. The molecule has 0 aliphatic heterocycles. The molecule has 0 saturated heterocycles. The quantitative estimate of drug-likeness (QED) is 0.0491. The van der Waals surface area contributed by atoms with Crippen molar-refractivity contribution in [1.82, 2.24) is 4.90 Å². The van der Waals surface area contributed by atoms with Crippen molar-refractivity contribution in [3.63, 3.8) is 0 Å². The number of hydrogen-bond acceptors (Lipinski definition) is 6. The molecule has 0 atom stereocenters. The first-order chi connectivity index (χ1) is 26.5. The molecule has 0 bridgehead atoms. The molecule has 55 heavy (non-hydrogen) atoms. The van der Waals surface area contributed by atoms with Crippen LogP contribution in [0.2, 0.25) is 0 Å². The molecule has 0 aromatic heterocycles. The van der Waals surface area contributed by atoms with Gasteiger partial charge < -0.3 is 19.5 Å². The van der Waals surface area contributed by atoms with Gasteiger partial charge in [-0.25, -0.2) is 0 Å². The average molecular weight is 780 g/mol. The Morgan fingerprint density at radius 3 is 1.51 bits per heavy atom. The maximum absolute atomic E-state index is 13.2. The molecule has 0 aliphatic rings. The normalized spacial score (nSPS) is 12.3. The summed E-state index contributed by atoms with van der Waals surface area (Å²) in [4.78, 5) is 28.1. The van der Waals surface area contributed by atoms with E-state index < -0.39 is 5.41 Å². The van der Waals surface area contributed by atoms with Gasteiger partial charge in [0, 0.05) is 13.0 Å². The Balaban J connectivity index is 4.41. The van der Waals surface area contributed by atoms with Crippen LogP contribution in [0.25, 0.3) is 0 Å². The van der Waals surface area contributed by atoms with Crippen LogP contribution in [0.4, 0.5) is 0 Å². The van der Waals surface area contributed by atoms with Gasteiger partial charge in [-0.1, -0.05) is 169 Å². The van der Waals surface area contributed by atoms with E-state index in [0.29, 0.717) is 25.6 Å². The fourth-order valence-electron chi connectivity index (χ4n) is 7.68. The molecule has 0 heterocycles. The van der Waals surface area contributed by atoms with E-state index in [0.717, 1.165) is 77.4 Å². The Morgan fingerprint density at radius 2 is 0.964 bits per heavy atom. The topological polar surface area (TPSA) is 76.1 Å². The maximum atomic E-state index is 13.2. The van der Waals surface area contributed by atoms with Crippen molar-refractivity contribution in [3.05, 3.63) is 0 Å². The number of unbranched alkanes of at least 4 members (excludes halogenated alkanes) is 20. The lowest BCUT2D eigenvalue weighted by Gasteiger charge is -2.25. The molecular weight excluding hydrogens is 683 g/mol. The number of ether oxygens (including phenoxy) is 2. The van der Waals surface area contributed by atoms with Gasteiger partial charge in [0.25, 0.3) is 0 Å². The summed E-state index contributed by atoms with van der Waals surface area (Å²) in [6.07, 6.45) is 36.4. The second kappa shape index (κ2) is 37.2. The zero-order valence-corrected chi connectivity index (χ0v) is 38.3. The van der Waals surface area contributed by atoms with Gasteiger partial charge in [0.1, 0.15) is 0 Å². The minimum atomic E-state index is -0.424. The van der Waals surface area contributed by atoms with Gasteiger partial charge in [0.2, 0.25) is 0 Å². The lowest BCUT2D eigenvalue weighted by atomic mass is 9.86. The Kier molecular flexibility index (Phi) is 36.4. The van der Waals surface area contributed by atoms with Crippen LogP contribution in [0, 0.1) is 16.7 Å². The van der Waals surface area contributed by atoms with Crippen LogP contribution in [0.3, 0.4) is 0 Å². The molecule has 0 radical (unpaired) electrons. The molecule has 0 saturated carbocycles. The van der Waals surface area contributed by atoms with Gasteiger partial charge in [-0.05, 0) is 103 Å². The fourth-order valence-corrected chi connectivity index (χ4v) is 7.68. The van der Waals surface area contributed by atoms with E-state index in [1.807, 2.05) is 0 Å². The first kappa shape index (κ1) is 53.9. The SMILES string of the molecule is CCCCCCCCCC(=O)OCC(C)(C)CCCCCN(CCCCO)CCCCCCC(C)(C)C(=O)OCC(CCCCCCC)CCCCCCC. The second-order valence-corrected chi connectivity index (χ2v) is 18.7. The largest absolute Gasteiger partial charge is 0.465 e. The van der Waals surface area contributed by atoms with E-state index in [1.165, 1.54) is 135 Å². The van der Waals surface area contributed by atoms with Crippen molar-refractivity contribution in [2.24, 2.45) is 16.7 Å². The Morgan fingerprint density at radius 1 is 0.527 bits per heavy atom. The smallest absolute Gasteiger partial charge is 0.311 e. The number of aliphatic hydroxyl groups is 1. The third kappa shape index (κ3) is 34.6. The number of aliphatic hydroxyl groups excluding tert-OH is 1. The third-order valence-corrected chi connectivity index (χ3v) is 11.8. The van der Waals surface area contributed by atoms with Crippen molar-refractivity contribution in [3.8, 4) is 0 Å². The Hall–Kier alpha value is -1.14. The van der Waals surface area contributed by atoms with Crippen LogP contribution >= 0.6 is 0 Å². The first-order valence-electron chi connectivity index (χ1n) is 24.2. The van der Waals surface area contributed by atoms with Gasteiger partial charge in [-0.3, -0.25) is 9.59 Å². The van der Waals surface area contributed by atoms with E-state index in [1.54, 1.807) is 0 Å². The van der Waals surface area contributed by atoms with Crippen LogP contribution < -0.4 is 0 Å².